The van der Waals surface area contributed by atoms with Crippen LogP contribution in [0.1, 0.15) is 29.6 Å². The first-order chi connectivity index (χ1) is 11.1. The van der Waals surface area contributed by atoms with Gasteiger partial charge in [-0.1, -0.05) is 0 Å². The Labute approximate surface area is 135 Å². The molecule has 2 aromatic heterocycles. The van der Waals surface area contributed by atoms with Crippen molar-refractivity contribution in [2.24, 2.45) is 7.05 Å². The highest BCUT2D eigenvalue weighted by atomic mass is 16.2. The number of piperidine rings is 1. The van der Waals surface area contributed by atoms with Crippen molar-refractivity contribution in [2.75, 3.05) is 20.1 Å². The van der Waals surface area contributed by atoms with Crippen LogP contribution in [0.25, 0.3) is 11.3 Å². The lowest BCUT2D eigenvalue weighted by atomic mass is 9.97. The van der Waals surface area contributed by atoms with Gasteiger partial charge < -0.3 is 9.80 Å². The van der Waals surface area contributed by atoms with E-state index in [4.69, 9.17) is 0 Å². The van der Waals surface area contributed by atoms with Gasteiger partial charge in [-0.15, -0.1) is 0 Å². The van der Waals surface area contributed by atoms with Gasteiger partial charge in [-0.3, -0.25) is 14.6 Å². The molecule has 7 heteroatoms. The summed E-state index contributed by atoms with van der Waals surface area (Å²) in [7, 11) is 4.04. The molecule has 0 aromatic carbocycles. The molecule has 2 fully saturated rings. The molecule has 4 heterocycles. The third kappa shape index (κ3) is 2.35. The predicted molar refractivity (Wildman–Crippen MR) is 85.9 cm³/mol. The Morgan fingerprint density at radius 3 is 2.87 bits per heavy atom. The van der Waals surface area contributed by atoms with Crippen molar-refractivity contribution in [3.63, 3.8) is 0 Å². The van der Waals surface area contributed by atoms with Crippen molar-refractivity contribution in [1.82, 2.24) is 29.8 Å². The van der Waals surface area contributed by atoms with Gasteiger partial charge in [-0.2, -0.15) is 10.2 Å². The molecule has 1 amide bonds. The second-order valence-corrected chi connectivity index (χ2v) is 6.61. The molecule has 2 aliphatic heterocycles. The Balaban J connectivity index is 1.62. The van der Waals surface area contributed by atoms with Crippen LogP contribution < -0.4 is 0 Å². The number of aryl methyl sites for hydroxylation is 1. The molecule has 0 aliphatic carbocycles. The first kappa shape index (κ1) is 14.4. The number of fused-ring (bicyclic) bond motifs is 1. The maximum atomic E-state index is 13.1. The van der Waals surface area contributed by atoms with Crippen LogP contribution in [0.4, 0.5) is 0 Å². The lowest BCUT2D eigenvalue weighted by molar-refractivity contribution is 0.0632. The summed E-state index contributed by atoms with van der Waals surface area (Å²) in [5.74, 6) is 0.0837. The van der Waals surface area contributed by atoms with Gasteiger partial charge >= 0.3 is 0 Å². The average molecular weight is 314 g/mol. The summed E-state index contributed by atoms with van der Waals surface area (Å²) in [6, 6.07) is 0.833. The van der Waals surface area contributed by atoms with E-state index in [1.165, 1.54) is 0 Å². The van der Waals surface area contributed by atoms with Gasteiger partial charge in [-0.05, 0) is 32.9 Å². The zero-order valence-electron chi connectivity index (χ0n) is 13.6. The summed E-state index contributed by atoms with van der Waals surface area (Å²) >= 11 is 0. The van der Waals surface area contributed by atoms with Gasteiger partial charge in [0.15, 0.2) is 0 Å². The van der Waals surface area contributed by atoms with E-state index in [1.54, 1.807) is 17.1 Å². The van der Waals surface area contributed by atoms with E-state index in [1.807, 2.05) is 18.1 Å². The van der Waals surface area contributed by atoms with Crippen molar-refractivity contribution in [2.45, 2.75) is 31.3 Å². The normalized spacial score (nSPS) is 24.9. The highest BCUT2D eigenvalue weighted by Gasteiger charge is 2.41. The minimum absolute atomic E-state index is 0.0837. The summed E-state index contributed by atoms with van der Waals surface area (Å²) in [4.78, 5) is 17.5. The molecule has 7 nitrogen and oxygen atoms in total. The van der Waals surface area contributed by atoms with E-state index >= 15 is 0 Å². The molecule has 2 aliphatic rings. The predicted octanol–water partition coefficient (Wildman–Crippen LogP) is 1.12. The highest BCUT2D eigenvalue weighted by molar-refractivity contribution is 6.00. The van der Waals surface area contributed by atoms with Gasteiger partial charge in [-0.25, -0.2) is 0 Å². The van der Waals surface area contributed by atoms with Crippen LogP contribution in [0.2, 0.25) is 0 Å². The van der Waals surface area contributed by atoms with Crippen LogP contribution in [-0.4, -0.2) is 67.9 Å². The Morgan fingerprint density at radius 1 is 1.22 bits per heavy atom. The lowest BCUT2D eigenvalue weighted by Gasteiger charge is -2.37. The quantitative estimate of drug-likeness (QED) is 0.902. The second kappa shape index (κ2) is 5.49. The van der Waals surface area contributed by atoms with E-state index in [2.05, 4.69) is 27.2 Å². The molecule has 2 aromatic rings. The number of likely N-dealkylation sites (tertiary alicyclic amines) is 2. The Kier molecular flexibility index (Phi) is 3.45. The smallest absolute Gasteiger partial charge is 0.257 e. The molecule has 0 bridgehead atoms. The SMILES string of the molecule is CN1CCCC2C1CCN2C(=O)c1cn[nH]c1-c1cnn(C)c1. The number of carbonyl (C=O) groups excluding carboxylic acids is 1. The van der Waals surface area contributed by atoms with Crippen molar-refractivity contribution in [1.29, 1.82) is 0 Å². The second-order valence-electron chi connectivity index (χ2n) is 6.61. The standard InChI is InChI=1S/C16H22N6O/c1-20-6-3-4-14-13(20)5-7-22(14)16(23)12-9-17-19-15(12)11-8-18-21(2)10-11/h8-10,13-14H,3-7H2,1-2H3,(H,17,19). The molecule has 2 atom stereocenters. The van der Waals surface area contributed by atoms with Gasteiger partial charge in [0.1, 0.15) is 0 Å². The molecule has 0 saturated carbocycles. The summed E-state index contributed by atoms with van der Waals surface area (Å²) in [5.41, 5.74) is 2.30. The summed E-state index contributed by atoms with van der Waals surface area (Å²) in [5, 5.41) is 11.2. The van der Waals surface area contributed by atoms with E-state index in [0.29, 0.717) is 17.6 Å². The number of amides is 1. The number of hydrogen-bond acceptors (Lipinski definition) is 4. The topological polar surface area (TPSA) is 70.1 Å². The summed E-state index contributed by atoms with van der Waals surface area (Å²) in [6.45, 7) is 1.96. The van der Waals surface area contributed by atoms with Crippen LogP contribution in [0, 0.1) is 0 Å². The molecule has 2 saturated heterocycles. The molecule has 23 heavy (non-hydrogen) atoms. The van der Waals surface area contributed by atoms with Crippen LogP contribution >= 0.6 is 0 Å². The highest BCUT2D eigenvalue weighted by Crippen LogP contribution is 2.32. The van der Waals surface area contributed by atoms with Crippen molar-refractivity contribution in [3.8, 4) is 11.3 Å². The lowest BCUT2D eigenvalue weighted by Crippen LogP contribution is -2.49. The molecule has 0 radical (unpaired) electrons. The van der Waals surface area contributed by atoms with Crippen molar-refractivity contribution >= 4 is 5.91 Å². The van der Waals surface area contributed by atoms with E-state index in [-0.39, 0.29) is 5.91 Å². The Morgan fingerprint density at radius 2 is 2.09 bits per heavy atom. The molecule has 1 N–H and O–H groups in total. The first-order valence-corrected chi connectivity index (χ1v) is 8.19. The zero-order chi connectivity index (χ0) is 16.0. The van der Waals surface area contributed by atoms with Gasteiger partial charge in [0.2, 0.25) is 0 Å². The number of aromatic nitrogens is 4. The van der Waals surface area contributed by atoms with Crippen LogP contribution in [0.3, 0.4) is 0 Å². The largest absolute Gasteiger partial charge is 0.334 e. The number of rotatable bonds is 2. The van der Waals surface area contributed by atoms with Crippen LogP contribution in [0.15, 0.2) is 18.6 Å². The third-order valence-electron chi connectivity index (χ3n) is 5.21. The number of H-pyrrole nitrogens is 1. The number of likely N-dealkylation sites (N-methyl/N-ethyl adjacent to an activating group) is 1. The van der Waals surface area contributed by atoms with Gasteiger partial charge in [0.05, 0.1) is 23.7 Å². The van der Waals surface area contributed by atoms with Gasteiger partial charge in [0, 0.05) is 37.4 Å². The van der Waals surface area contributed by atoms with E-state index in [0.717, 1.165) is 43.6 Å². The number of carbonyl (C=O) groups is 1. The number of nitrogens with zero attached hydrogens (tertiary/aromatic N) is 5. The monoisotopic (exact) mass is 314 g/mol. The first-order valence-electron chi connectivity index (χ1n) is 8.19. The fourth-order valence-electron chi connectivity index (χ4n) is 4.04. The molecular formula is C16H22N6O. The number of nitrogens with one attached hydrogen (secondary N) is 1. The summed E-state index contributed by atoms with van der Waals surface area (Å²) in [6.07, 6.45) is 8.61. The molecule has 2 unspecified atom stereocenters. The minimum Gasteiger partial charge on any atom is -0.334 e. The molecular weight excluding hydrogens is 292 g/mol. The van der Waals surface area contributed by atoms with Gasteiger partial charge in [0.25, 0.3) is 5.91 Å². The minimum atomic E-state index is 0.0837. The fourth-order valence-corrected chi connectivity index (χ4v) is 4.04. The number of hydrogen-bond donors (Lipinski definition) is 1. The fraction of sp³-hybridized carbons (Fsp3) is 0.562. The maximum Gasteiger partial charge on any atom is 0.257 e. The van der Waals surface area contributed by atoms with E-state index < -0.39 is 0 Å². The zero-order valence-corrected chi connectivity index (χ0v) is 13.6. The van der Waals surface area contributed by atoms with Crippen molar-refractivity contribution in [3.05, 3.63) is 24.2 Å². The number of aromatic amines is 1. The average Bonchev–Trinajstić information content (AvgIpc) is 3.25. The van der Waals surface area contributed by atoms with Crippen molar-refractivity contribution < 1.29 is 4.79 Å². The third-order valence-corrected chi connectivity index (χ3v) is 5.21. The maximum absolute atomic E-state index is 13.1. The Bertz CT molecular complexity index is 720. The Hall–Kier alpha value is -2.15. The molecule has 122 valence electrons. The van der Waals surface area contributed by atoms with Crippen LogP contribution in [0.5, 0.6) is 0 Å². The molecule has 4 rings (SSSR count). The molecule has 0 spiro atoms. The van der Waals surface area contributed by atoms with Crippen LogP contribution in [-0.2, 0) is 7.05 Å². The summed E-state index contributed by atoms with van der Waals surface area (Å²) < 4.78 is 1.73. The van der Waals surface area contributed by atoms with E-state index in [9.17, 15) is 4.79 Å².